The number of nitrogens with one attached hydrogen (secondary N) is 1. The molecule has 4 bridgehead atoms. The molecule has 2 aromatic heterocycles. The van der Waals surface area contributed by atoms with Gasteiger partial charge in [-0.1, -0.05) is 0 Å². The Kier molecular flexibility index (Phi) is 10.3. The number of carbonyl (C=O) groups excluding carboxylic acids is 1. The van der Waals surface area contributed by atoms with Gasteiger partial charge in [0.2, 0.25) is 0 Å². The van der Waals surface area contributed by atoms with Gasteiger partial charge in [-0.15, -0.1) is 24.8 Å². The van der Waals surface area contributed by atoms with Gasteiger partial charge in [-0.25, -0.2) is 4.79 Å². The van der Waals surface area contributed by atoms with Gasteiger partial charge in [0, 0.05) is 87.3 Å². The van der Waals surface area contributed by atoms with Crippen molar-refractivity contribution in [1.29, 1.82) is 0 Å². The first-order valence-electron chi connectivity index (χ1n) is 10.8. The van der Waals surface area contributed by atoms with Crippen molar-refractivity contribution in [1.82, 2.24) is 35.7 Å². The predicted molar refractivity (Wildman–Crippen MR) is 125 cm³/mol. The summed E-state index contributed by atoms with van der Waals surface area (Å²) in [6, 6.07) is 0. The van der Waals surface area contributed by atoms with E-state index in [1.807, 2.05) is 34.6 Å². The average molecular weight is 677 g/mol. The van der Waals surface area contributed by atoms with Gasteiger partial charge in [0.25, 0.3) is 0 Å². The molecule has 2 heterocycles. The number of hydrogen-bond donors (Lipinski definition) is 2. The van der Waals surface area contributed by atoms with Gasteiger partial charge in [-0.3, -0.25) is 0 Å². The summed E-state index contributed by atoms with van der Waals surface area (Å²) in [6.07, 6.45) is 5.53. The Morgan fingerprint density at radius 2 is 1.26 bits per heavy atom. The van der Waals surface area contributed by atoms with E-state index in [1.54, 1.807) is 0 Å². The molecule has 10 nitrogen and oxygen atoms in total. The summed E-state index contributed by atoms with van der Waals surface area (Å²) in [5.41, 5.74) is 5.80. The fraction of sp³-hybridized carbons (Fsp3) is 0.762. The number of halogens is 2. The van der Waals surface area contributed by atoms with E-state index in [0.717, 1.165) is 56.0 Å². The van der Waals surface area contributed by atoms with E-state index in [9.17, 15) is 4.79 Å². The Morgan fingerprint density at radius 3 is 1.57 bits per heavy atom. The third-order valence-corrected chi connectivity index (χ3v) is 6.93. The number of rotatable bonds is 3. The van der Waals surface area contributed by atoms with E-state index in [-0.39, 0.29) is 118 Å². The fourth-order valence-electron chi connectivity index (χ4n) is 5.87. The van der Waals surface area contributed by atoms with E-state index in [4.69, 9.17) is 10.5 Å². The van der Waals surface area contributed by atoms with Gasteiger partial charge < -0.3 is 46.2 Å². The van der Waals surface area contributed by atoms with E-state index >= 15 is 0 Å². The molecule has 2 aromatic rings. The molecule has 14 heteroatoms. The largest absolute Gasteiger partial charge is 0.444 e. The van der Waals surface area contributed by atoms with Crippen molar-refractivity contribution in [3.8, 4) is 0 Å². The summed E-state index contributed by atoms with van der Waals surface area (Å²) in [6.45, 7) is 9.31. The fourth-order valence-corrected chi connectivity index (χ4v) is 5.87. The average Bonchev–Trinajstić information content (AvgIpc) is 3.13. The maximum Gasteiger partial charge on any atom is 0.408 e. The summed E-state index contributed by atoms with van der Waals surface area (Å²) >= 11 is 0. The molecule has 6 aliphatic carbocycles. The van der Waals surface area contributed by atoms with Crippen LogP contribution in [-0.4, -0.2) is 43.2 Å². The molecule has 0 atom stereocenters. The molecule has 35 heavy (non-hydrogen) atoms. The second-order valence-corrected chi connectivity index (χ2v) is 11.3. The van der Waals surface area contributed by atoms with Crippen molar-refractivity contribution in [3.05, 3.63) is 23.3 Å². The van der Waals surface area contributed by atoms with Gasteiger partial charge in [0.05, 0.1) is 0 Å². The number of ether oxygens (including phenoxy) is 1. The predicted octanol–water partition coefficient (Wildman–Crippen LogP) is 2.15. The first-order valence-corrected chi connectivity index (χ1v) is 10.8. The summed E-state index contributed by atoms with van der Waals surface area (Å²) < 4.78 is 5.28. The minimum absolute atomic E-state index is 0. The van der Waals surface area contributed by atoms with Crippen molar-refractivity contribution in [2.75, 3.05) is 0 Å². The number of aromatic nitrogens is 6. The number of hydrogen-bond acceptors (Lipinski definition) is 7. The van der Waals surface area contributed by atoms with Crippen molar-refractivity contribution in [2.45, 2.75) is 101 Å². The van der Waals surface area contributed by atoms with Crippen LogP contribution in [0.15, 0.2) is 0 Å². The third kappa shape index (κ3) is 6.15. The van der Waals surface area contributed by atoms with E-state index in [1.165, 1.54) is 0 Å². The Hall–Kier alpha value is 0.298. The maximum absolute atomic E-state index is 11.8. The molecule has 2 radical (unpaired) electrons. The number of nitrogens with zero attached hydrogens (tertiary/aromatic N) is 6. The molecule has 6 saturated carbocycles. The third-order valence-electron chi connectivity index (χ3n) is 6.93. The van der Waals surface area contributed by atoms with Crippen LogP contribution >= 0.6 is 24.8 Å². The van der Waals surface area contributed by atoms with Crippen LogP contribution in [0.1, 0.15) is 82.6 Å². The van der Waals surface area contributed by atoms with Gasteiger partial charge in [0.1, 0.15) is 5.60 Å². The van der Waals surface area contributed by atoms with Crippen molar-refractivity contribution < 1.29 is 74.9 Å². The summed E-state index contributed by atoms with van der Waals surface area (Å²) in [4.78, 5) is 20.4. The van der Waals surface area contributed by atoms with Gasteiger partial charge in [-0.2, -0.15) is 0 Å². The van der Waals surface area contributed by atoms with Crippen LogP contribution in [0.2, 0.25) is 0 Å². The van der Waals surface area contributed by atoms with Crippen molar-refractivity contribution in [2.24, 2.45) is 5.73 Å². The Bertz CT molecular complexity index is 1010. The van der Waals surface area contributed by atoms with E-state index in [0.29, 0.717) is 5.82 Å². The molecule has 0 spiro atoms. The Morgan fingerprint density at radius 1 is 0.857 bits per heavy atom. The second kappa shape index (κ2) is 10.8. The molecule has 0 aliphatic heterocycles. The molecule has 0 saturated heterocycles. The zero-order valence-corrected chi connectivity index (χ0v) is 28.1. The summed E-state index contributed by atoms with van der Waals surface area (Å²) in [7, 11) is 0. The molecule has 0 unspecified atom stereocenters. The normalized spacial score (nSPS) is 32.4. The number of carbonyl (C=O) groups is 1. The summed E-state index contributed by atoms with van der Waals surface area (Å²) in [5.74, 6) is 3.25. The number of alkyl carbamates (subject to hydrolysis) is 1. The summed E-state index contributed by atoms with van der Waals surface area (Å²) in [5, 5.41) is 19.0. The second-order valence-electron chi connectivity index (χ2n) is 11.3. The quantitative estimate of drug-likeness (QED) is 0.500. The molecule has 6 aliphatic rings. The Labute approximate surface area is 268 Å². The molecular formula is C21H32Cl2N8O2Y2-2. The van der Waals surface area contributed by atoms with Gasteiger partial charge in [-0.05, 0) is 96.4 Å². The molecule has 8 rings (SSSR count). The molecule has 190 valence electrons. The molecule has 3 N–H and O–H groups in total. The maximum atomic E-state index is 11.8. The minimum Gasteiger partial charge on any atom is -0.444 e. The smallest absolute Gasteiger partial charge is 0.408 e. The van der Waals surface area contributed by atoms with Crippen molar-refractivity contribution in [3.63, 3.8) is 0 Å². The van der Waals surface area contributed by atoms with Crippen LogP contribution in [-0.2, 0) is 81.0 Å². The first kappa shape index (κ1) is 33.3. The molecular weight excluding hydrogens is 645 g/mol. The number of amides is 1. The standard InChI is InChI=1S/C13H20N4O2.C8H11N4.2ClH.2Y/c1-8-14-9(17-16-8)12-5-13(6-12,7-12)15-10(18)19-11(2,3)4;1-5-10-6(12-11-5)7-2-8(9,3-7)4-7;;;;/h5-7H2,1-4H3,(H2,14,15,16,17,18);2-4,9H2,1H3;2*1H;;/q;-1;;;;/p-1. The SMILES string of the molecule is Cc1nnc(C23CC(N)(C2)C3)[n-]1.Cc1nnc(C23CC(NC(=O)OC(C)(C)C)(C2)C3)[n-]1.Cl.Cl.[Y].[Y]. The number of nitrogens with two attached hydrogens (primary N) is 1. The molecule has 6 fully saturated rings. The van der Waals surface area contributed by atoms with Gasteiger partial charge in [0.15, 0.2) is 0 Å². The van der Waals surface area contributed by atoms with Crippen LogP contribution < -0.4 is 21.0 Å². The van der Waals surface area contributed by atoms with E-state index < -0.39 is 5.60 Å². The van der Waals surface area contributed by atoms with Gasteiger partial charge >= 0.3 is 6.09 Å². The molecule has 1 amide bonds. The van der Waals surface area contributed by atoms with Crippen LogP contribution in [0, 0.1) is 13.8 Å². The number of aryl methyl sites for hydroxylation is 2. The molecule has 0 aromatic carbocycles. The minimum atomic E-state index is -0.457. The Balaban J connectivity index is 0.000000336. The van der Waals surface area contributed by atoms with Crippen LogP contribution in [0.25, 0.3) is 0 Å². The van der Waals surface area contributed by atoms with Crippen molar-refractivity contribution >= 4 is 30.9 Å². The topological polar surface area (TPSA) is 144 Å². The zero-order chi connectivity index (χ0) is 22.3. The zero-order valence-electron chi connectivity index (χ0n) is 20.8. The first-order chi connectivity index (χ1) is 14.3. The van der Waals surface area contributed by atoms with E-state index in [2.05, 4.69) is 35.7 Å². The monoisotopic (exact) mass is 676 g/mol. The van der Waals surface area contributed by atoms with Crippen LogP contribution in [0.3, 0.4) is 0 Å². The van der Waals surface area contributed by atoms with Crippen LogP contribution in [0.5, 0.6) is 0 Å². The van der Waals surface area contributed by atoms with Crippen LogP contribution in [0.4, 0.5) is 4.79 Å².